The zero-order valence-corrected chi connectivity index (χ0v) is 13.6. The number of anilines is 3. The van der Waals surface area contributed by atoms with Gasteiger partial charge in [0.15, 0.2) is 5.82 Å². The van der Waals surface area contributed by atoms with Crippen molar-refractivity contribution in [1.82, 2.24) is 20.1 Å². The Morgan fingerprint density at radius 3 is 2.43 bits per heavy atom. The lowest BCUT2D eigenvalue weighted by Gasteiger charge is -2.33. The molecule has 0 bridgehead atoms. The van der Waals surface area contributed by atoms with Gasteiger partial charge in [-0.05, 0) is 18.2 Å². The molecule has 0 unspecified atom stereocenters. The molecule has 2 aromatic rings. The van der Waals surface area contributed by atoms with Crippen LogP contribution >= 0.6 is 23.2 Å². The van der Waals surface area contributed by atoms with Gasteiger partial charge in [-0.15, -0.1) is 5.10 Å². The molecule has 3 rings (SSSR count). The third-order valence-corrected chi connectivity index (χ3v) is 3.89. The summed E-state index contributed by atoms with van der Waals surface area (Å²) in [7, 11) is 0. The lowest BCUT2D eigenvalue weighted by Crippen LogP contribution is -2.46. The Hall–Kier alpha value is -2.12. The number of hydrogen-bond donors (Lipinski definition) is 1. The lowest BCUT2D eigenvalue weighted by molar-refractivity contribution is -0.118. The van der Waals surface area contributed by atoms with Crippen LogP contribution in [0.3, 0.4) is 0 Å². The average molecular weight is 353 g/mol. The first-order valence-electron chi connectivity index (χ1n) is 7.01. The fourth-order valence-corrected chi connectivity index (χ4v) is 2.84. The summed E-state index contributed by atoms with van der Waals surface area (Å²) in [5.74, 6) is 1.07. The molecule has 0 aliphatic carbocycles. The third-order valence-electron chi connectivity index (χ3n) is 3.45. The summed E-state index contributed by atoms with van der Waals surface area (Å²) in [6.45, 7) is 2.75. The Labute approximate surface area is 143 Å². The highest BCUT2D eigenvalue weighted by Crippen LogP contribution is 2.24. The smallest absolute Gasteiger partial charge is 0.249 e. The SMILES string of the molecule is O=CN1CCN(c2cnnc(Nc3cc(Cl)cc(Cl)c3)n2)CC1. The van der Waals surface area contributed by atoms with E-state index in [-0.39, 0.29) is 0 Å². The Bertz CT molecular complexity index is 685. The van der Waals surface area contributed by atoms with Crippen molar-refractivity contribution in [1.29, 1.82) is 0 Å². The van der Waals surface area contributed by atoms with Crippen LogP contribution in [0.15, 0.2) is 24.4 Å². The number of nitrogens with one attached hydrogen (secondary N) is 1. The molecule has 7 nitrogen and oxygen atoms in total. The lowest BCUT2D eigenvalue weighted by atomic mass is 10.3. The van der Waals surface area contributed by atoms with E-state index in [1.165, 1.54) is 0 Å². The van der Waals surface area contributed by atoms with E-state index in [0.29, 0.717) is 53.7 Å². The van der Waals surface area contributed by atoms with E-state index in [2.05, 4.69) is 25.4 Å². The monoisotopic (exact) mass is 352 g/mol. The summed E-state index contributed by atoms with van der Waals surface area (Å²) < 4.78 is 0. The highest BCUT2D eigenvalue weighted by Gasteiger charge is 2.17. The summed E-state index contributed by atoms with van der Waals surface area (Å²) in [4.78, 5) is 19.0. The van der Waals surface area contributed by atoms with Gasteiger partial charge in [-0.3, -0.25) is 4.79 Å². The zero-order chi connectivity index (χ0) is 16.2. The second-order valence-corrected chi connectivity index (χ2v) is 5.92. The van der Waals surface area contributed by atoms with Crippen LogP contribution in [-0.2, 0) is 4.79 Å². The Morgan fingerprint density at radius 2 is 1.78 bits per heavy atom. The van der Waals surface area contributed by atoms with Gasteiger partial charge in [0.2, 0.25) is 12.4 Å². The van der Waals surface area contributed by atoms with Gasteiger partial charge >= 0.3 is 0 Å². The van der Waals surface area contributed by atoms with Crippen LogP contribution in [-0.4, -0.2) is 52.7 Å². The molecule has 1 N–H and O–H groups in total. The zero-order valence-electron chi connectivity index (χ0n) is 12.1. The maximum absolute atomic E-state index is 10.8. The molecule has 2 heterocycles. The van der Waals surface area contributed by atoms with Crippen molar-refractivity contribution in [3.8, 4) is 0 Å². The molecule has 0 atom stereocenters. The minimum absolute atomic E-state index is 0.360. The van der Waals surface area contributed by atoms with Crippen LogP contribution in [0.1, 0.15) is 0 Å². The van der Waals surface area contributed by atoms with Crippen molar-refractivity contribution in [2.24, 2.45) is 0 Å². The van der Waals surface area contributed by atoms with E-state index >= 15 is 0 Å². The van der Waals surface area contributed by atoms with Crippen LogP contribution in [0.2, 0.25) is 10.0 Å². The molecule has 1 amide bonds. The van der Waals surface area contributed by atoms with Gasteiger partial charge < -0.3 is 15.1 Å². The maximum atomic E-state index is 10.8. The molecular formula is C14H14Cl2N6O. The highest BCUT2D eigenvalue weighted by molar-refractivity contribution is 6.35. The Morgan fingerprint density at radius 1 is 1.09 bits per heavy atom. The van der Waals surface area contributed by atoms with E-state index in [9.17, 15) is 4.79 Å². The molecule has 0 spiro atoms. The predicted octanol–water partition coefficient (Wildman–Crippen LogP) is 2.20. The van der Waals surface area contributed by atoms with Gasteiger partial charge in [0.05, 0.1) is 6.20 Å². The summed E-state index contributed by atoms with van der Waals surface area (Å²) in [6, 6.07) is 5.11. The van der Waals surface area contributed by atoms with Crippen molar-refractivity contribution in [3.63, 3.8) is 0 Å². The van der Waals surface area contributed by atoms with Gasteiger partial charge in [0.1, 0.15) is 0 Å². The minimum Gasteiger partial charge on any atom is -0.352 e. The fourth-order valence-electron chi connectivity index (χ4n) is 2.31. The molecule has 0 saturated carbocycles. The largest absolute Gasteiger partial charge is 0.352 e. The highest BCUT2D eigenvalue weighted by atomic mass is 35.5. The van der Waals surface area contributed by atoms with Crippen LogP contribution in [0.25, 0.3) is 0 Å². The molecule has 1 aromatic heterocycles. The van der Waals surface area contributed by atoms with Gasteiger partial charge in [-0.2, -0.15) is 10.1 Å². The number of aromatic nitrogens is 3. The first kappa shape index (κ1) is 15.8. The first-order chi connectivity index (χ1) is 11.1. The number of piperazine rings is 1. The second kappa shape index (κ2) is 6.97. The predicted molar refractivity (Wildman–Crippen MR) is 89.4 cm³/mol. The molecule has 9 heteroatoms. The number of rotatable bonds is 4. The van der Waals surface area contributed by atoms with Crippen molar-refractivity contribution in [2.45, 2.75) is 0 Å². The summed E-state index contributed by atoms with van der Waals surface area (Å²) in [6.07, 6.45) is 2.47. The number of benzene rings is 1. The quantitative estimate of drug-likeness (QED) is 0.850. The number of nitrogens with zero attached hydrogens (tertiary/aromatic N) is 5. The number of halogens is 2. The number of carbonyl (C=O) groups excluding carboxylic acids is 1. The van der Waals surface area contributed by atoms with Gasteiger partial charge in [0.25, 0.3) is 0 Å². The summed E-state index contributed by atoms with van der Waals surface area (Å²) >= 11 is 11.9. The maximum Gasteiger partial charge on any atom is 0.249 e. The molecule has 1 saturated heterocycles. The minimum atomic E-state index is 0.360. The van der Waals surface area contributed by atoms with Crippen molar-refractivity contribution >= 4 is 47.1 Å². The number of amides is 1. The molecule has 1 aliphatic rings. The van der Waals surface area contributed by atoms with Crippen molar-refractivity contribution < 1.29 is 4.79 Å². The summed E-state index contributed by atoms with van der Waals surface area (Å²) in [5, 5.41) is 12.0. The van der Waals surface area contributed by atoms with Crippen LogP contribution in [0.4, 0.5) is 17.5 Å². The summed E-state index contributed by atoms with van der Waals surface area (Å²) in [5.41, 5.74) is 0.687. The van der Waals surface area contributed by atoms with Gasteiger partial charge in [-0.1, -0.05) is 23.2 Å². The van der Waals surface area contributed by atoms with Crippen molar-refractivity contribution in [3.05, 3.63) is 34.4 Å². The van der Waals surface area contributed by atoms with E-state index in [4.69, 9.17) is 23.2 Å². The fraction of sp³-hybridized carbons (Fsp3) is 0.286. The van der Waals surface area contributed by atoms with Gasteiger partial charge in [-0.25, -0.2) is 0 Å². The topological polar surface area (TPSA) is 74.2 Å². The number of hydrogen-bond acceptors (Lipinski definition) is 6. The normalized spacial score (nSPS) is 14.7. The average Bonchev–Trinajstić information content (AvgIpc) is 2.54. The Balaban J connectivity index is 1.73. The molecule has 23 heavy (non-hydrogen) atoms. The molecule has 0 radical (unpaired) electrons. The third kappa shape index (κ3) is 4.00. The van der Waals surface area contributed by atoms with Crippen LogP contribution < -0.4 is 10.2 Å². The van der Waals surface area contributed by atoms with E-state index < -0.39 is 0 Å². The number of carbonyl (C=O) groups is 1. The molecule has 120 valence electrons. The van der Waals surface area contributed by atoms with Crippen LogP contribution in [0.5, 0.6) is 0 Å². The molecular weight excluding hydrogens is 339 g/mol. The van der Waals surface area contributed by atoms with Crippen LogP contribution in [0, 0.1) is 0 Å². The first-order valence-corrected chi connectivity index (χ1v) is 7.77. The molecule has 1 fully saturated rings. The van der Waals surface area contributed by atoms with E-state index in [0.717, 1.165) is 6.41 Å². The standard InChI is InChI=1S/C14H14Cl2N6O/c15-10-5-11(16)7-12(6-10)18-14-19-13(8-17-20-14)22-3-1-21(9-23)2-4-22/h5-9H,1-4H2,(H,18,19,20). The second-order valence-electron chi connectivity index (χ2n) is 5.05. The Kier molecular flexibility index (Phi) is 4.78. The van der Waals surface area contributed by atoms with Gasteiger partial charge in [0, 0.05) is 41.9 Å². The van der Waals surface area contributed by atoms with E-state index in [1.54, 1.807) is 29.3 Å². The van der Waals surface area contributed by atoms with E-state index in [1.807, 2.05) is 0 Å². The molecule has 1 aliphatic heterocycles. The molecule has 1 aromatic carbocycles. The van der Waals surface area contributed by atoms with Crippen molar-refractivity contribution in [2.75, 3.05) is 36.4 Å².